The molecule has 7 heteroatoms. The molecule has 0 spiro atoms. The predicted octanol–water partition coefficient (Wildman–Crippen LogP) is 0.648. The van der Waals surface area contributed by atoms with Crippen molar-refractivity contribution in [1.82, 2.24) is 15.8 Å². The van der Waals surface area contributed by atoms with E-state index in [-0.39, 0.29) is 12.3 Å². The monoisotopic (exact) mass is 310 g/mol. The Kier molecular flexibility index (Phi) is 4.11. The third kappa shape index (κ3) is 3.09. The van der Waals surface area contributed by atoms with Gasteiger partial charge in [-0.25, -0.2) is 10.3 Å². The van der Waals surface area contributed by atoms with Crippen molar-refractivity contribution in [2.45, 2.75) is 12.5 Å². The number of carbonyl (C=O) groups is 3. The van der Waals surface area contributed by atoms with Crippen LogP contribution in [0.1, 0.15) is 16.8 Å². The van der Waals surface area contributed by atoms with Crippen LogP contribution in [0.3, 0.4) is 0 Å². The molecule has 1 aromatic heterocycles. The Hall–Kier alpha value is -3.06. The van der Waals surface area contributed by atoms with Gasteiger partial charge in [0.2, 0.25) is 5.91 Å². The van der Waals surface area contributed by atoms with Gasteiger partial charge in [0.25, 0.3) is 11.8 Å². The summed E-state index contributed by atoms with van der Waals surface area (Å²) in [6, 6.07) is 11.1. The maximum absolute atomic E-state index is 12.3. The molecule has 1 atom stereocenters. The number of hydrogen-bond acceptors (Lipinski definition) is 5. The van der Waals surface area contributed by atoms with E-state index < -0.39 is 17.9 Å². The zero-order valence-electron chi connectivity index (χ0n) is 12.1. The van der Waals surface area contributed by atoms with Crippen LogP contribution < -0.4 is 15.8 Å². The molecule has 0 unspecified atom stereocenters. The second-order valence-electron chi connectivity index (χ2n) is 5.00. The highest BCUT2D eigenvalue weighted by Gasteiger charge is 2.39. The summed E-state index contributed by atoms with van der Waals surface area (Å²) in [5.74, 6) is -1.13. The van der Waals surface area contributed by atoms with Crippen molar-refractivity contribution >= 4 is 23.4 Å². The first kappa shape index (κ1) is 14.9. The molecule has 0 aliphatic carbocycles. The maximum Gasteiger partial charge on any atom is 0.266 e. The van der Waals surface area contributed by atoms with Gasteiger partial charge in [-0.1, -0.05) is 18.2 Å². The second-order valence-corrected chi connectivity index (χ2v) is 5.00. The van der Waals surface area contributed by atoms with Crippen LogP contribution in [0.15, 0.2) is 54.9 Å². The minimum atomic E-state index is -0.789. The van der Waals surface area contributed by atoms with Crippen LogP contribution in [0.5, 0.6) is 0 Å². The van der Waals surface area contributed by atoms with E-state index >= 15 is 0 Å². The summed E-state index contributed by atoms with van der Waals surface area (Å²) in [6.07, 6.45) is 2.96. The van der Waals surface area contributed by atoms with Gasteiger partial charge in [-0.05, 0) is 24.3 Å². The Balaban J connectivity index is 1.65. The summed E-state index contributed by atoms with van der Waals surface area (Å²) in [7, 11) is 0. The van der Waals surface area contributed by atoms with Crippen LogP contribution >= 0.6 is 0 Å². The van der Waals surface area contributed by atoms with E-state index in [4.69, 9.17) is 0 Å². The lowest BCUT2D eigenvalue weighted by Gasteiger charge is -2.15. The summed E-state index contributed by atoms with van der Waals surface area (Å²) < 4.78 is 0. The average Bonchev–Trinajstić information content (AvgIpc) is 2.88. The summed E-state index contributed by atoms with van der Waals surface area (Å²) in [5.41, 5.74) is 5.93. The number of rotatable bonds is 4. The quantitative estimate of drug-likeness (QED) is 0.639. The SMILES string of the molecule is O=C(NN[C@H]1CC(=O)N(c2ccccc2)C1=O)c1cccnc1. The summed E-state index contributed by atoms with van der Waals surface area (Å²) in [5, 5.41) is 0. The molecular formula is C16H14N4O3. The number of para-hydroxylation sites is 1. The van der Waals surface area contributed by atoms with Crippen molar-refractivity contribution in [2.75, 3.05) is 4.90 Å². The molecule has 2 N–H and O–H groups in total. The zero-order chi connectivity index (χ0) is 16.2. The minimum Gasteiger partial charge on any atom is -0.287 e. The minimum absolute atomic E-state index is 0.0128. The Labute approximate surface area is 132 Å². The van der Waals surface area contributed by atoms with Crippen LogP contribution in [0.25, 0.3) is 0 Å². The number of pyridine rings is 1. The Morgan fingerprint density at radius 2 is 1.91 bits per heavy atom. The Bertz CT molecular complexity index is 734. The molecule has 1 saturated heterocycles. The van der Waals surface area contributed by atoms with Crippen molar-refractivity contribution in [3.05, 3.63) is 60.4 Å². The molecule has 0 bridgehead atoms. The Morgan fingerprint density at radius 3 is 2.61 bits per heavy atom. The van der Waals surface area contributed by atoms with Gasteiger partial charge in [0.1, 0.15) is 6.04 Å². The van der Waals surface area contributed by atoms with Gasteiger partial charge in [-0.3, -0.25) is 24.8 Å². The highest BCUT2D eigenvalue weighted by atomic mass is 16.2. The van der Waals surface area contributed by atoms with Crippen LogP contribution in [0.2, 0.25) is 0 Å². The van der Waals surface area contributed by atoms with Crippen molar-refractivity contribution in [1.29, 1.82) is 0 Å². The molecule has 3 amide bonds. The van der Waals surface area contributed by atoms with Gasteiger partial charge in [-0.15, -0.1) is 0 Å². The van der Waals surface area contributed by atoms with E-state index in [1.165, 1.54) is 6.20 Å². The standard InChI is InChI=1S/C16H14N4O3/c21-14-9-13(16(23)20(14)12-6-2-1-3-7-12)18-19-15(22)11-5-4-8-17-10-11/h1-8,10,13,18H,9H2,(H,19,22)/t13-/m0/s1. The molecule has 3 rings (SSSR count). The van der Waals surface area contributed by atoms with Gasteiger partial charge < -0.3 is 0 Å². The molecule has 1 aromatic carbocycles. The van der Waals surface area contributed by atoms with Gasteiger partial charge in [0.15, 0.2) is 0 Å². The number of nitrogens with one attached hydrogen (secondary N) is 2. The fraction of sp³-hybridized carbons (Fsp3) is 0.125. The van der Waals surface area contributed by atoms with Crippen LogP contribution in [-0.4, -0.2) is 28.7 Å². The fourth-order valence-electron chi connectivity index (χ4n) is 2.31. The van der Waals surface area contributed by atoms with Gasteiger partial charge >= 0.3 is 0 Å². The van der Waals surface area contributed by atoms with Gasteiger partial charge in [-0.2, -0.15) is 0 Å². The van der Waals surface area contributed by atoms with Gasteiger partial charge in [0, 0.05) is 12.4 Å². The summed E-state index contributed by atoms with van der Waals surface area (Å²) >= 11 is 0. The van der Waals surface area contributed by atoms with Crippen LogP contribution in [0.4, 0.5) is 5.69 Å². The molecule has 2 aromatic rings. The molecule has 2 heterocycles. The lowest BCUT2D eigenvalue weighted by Crippen LogP contribution is -2.48. The fourth-order valence-corrected chi connectivity index (χ4v) is 2.31. The highest BCUT2D eigenvalue weighted by molar-refractivity contribution is 6.22. The highest BCUT2D eigenvalue weighted by Crippen LogP contribution is 2.22. The van der Waals surface area contributed by atoms with E-state index in [1.54, 1.807) is 48.7 Å². The maximum atomic E-state index is 12.3. The number of hydrogen-bond donors (Lipinski definition) is 2. The third-order valence-corrected chi connectivity index (χ3v) is 3.44. The molecule has 1 aliphatic rings. The van der Waals surface area contributed by atoms with Gasteiger partial charge in [0.05, 0.1) is 17.7 Å². The van der Waals surface area contributed by atoms with Crippen molar-refractivity contribution in [3.8, 4) is 0 Å². The van der Waals surface area contributed by atoms with Crippen LogP contribution in [0, 0.1) is 0 Å². The molecule has 0 saturated carbocycles. The molecule has 23 heavy (non-hydrogen) atoms. The normalized spacial score (nSPS) is 17.4. The number of aromatic nitrogens is 1. The number of carbonyl (C=O) groups excluding carboxylic acids is 3. The molecule has 1 aliphatic heterocycles. The number of benzene rings is 1. The summed E-state index contributed by atoms with van der Waals surface area (Å²) in [6.45, 7) is 0. The molecule has 7 nitrogen and oxygen atoms in total. The first-order valence-corrected chi connectivity index (χ1v) is 7.04. The van der Waals surface area contributed by atoms with Crippen molar-refractivity contribution in [2.24, 2.45) is 0 Å². The van der Waals surface area contributed by atoms with E-state index in [0.717, 1.165) is 4.90 Å². The van der Waals surface area contributed by atoms with E-state index in [9.17, 15) is 14.4 Å². The van der Waals surface area contributed by atoms with E-state index in [1.807, 2.05) is 0 Å². The first-order chi connectivity index (χ1) is 11.2. The van der Waals surface area contributed by atoms with Crippen molar-refractivity contribution < 1.29 is 14.4 Å². The number of amides is 3. The van der Waals surface area contributed by atoms with E-state index in [2.05, 4.69) is 15.8 Å². The van der Waals surface area contributed by atoms with Crippen LogP contribution in [-0.2, 0) is 9.59 Å². The van der Waals surface area contributed by atoms with E-state index in [0.29, 0.717) is 11.3 Å². The molecule has 0 radical (unpaired) electrons. The lowest BCUT2D eigenvalue weighted by molar-refractivity contribution is -0.121. The molecular weight excluding hydrogens is 296 g/mol. The number of imide groups is 1. The number of nitrogens with zero attached hydrogens (tertiary/aromatic N) is 2. The third-order valence-electron chi connectivity index (χ3n) is 3.44. The first-order valence-electron chi connectivity index (χ1n) is 7.04. The molecule has 1 fully saturated rings. The summed E-state index contributed by atoms with van der Waals surface area (Å²) in [4.78, 5) is 41.3. The smallest absolute Gasteiger partial charge is 0.266 e. The number of hydrazine groups is 1. The topological polar surface area (TPSA) is 91.4 Å². The largest absolute Gasteiger partial charge is 0.287 e. The second kappa shape index (κ2) is 6.37. The zero-order valence-corrected chi connectivity index (χ0v) is 12.1. The number of anilines is 1. The lowest BCUT2D eigenvalue weighted by atomic mass is 10.2. The predicted molar refractivity (Wildman–Crippen MR) is 82.2 cm³/mol. The molecule has 116 valence electrons. The Morgan fingerprint density at radius 1 is 1.13 bits per heavy atom. The average molecular weight is 310 g/mol. The van der Waals surface area contributed by atoms with Crippen molar-refractivity contribution in [3.63, 3.8) is 0 Å².